The summed E-state index contributed by atoms with van der Waals surface area (Å²) < 4.78 is 5.52. The van der Waals surface area contributed by atoms with Gasteiger partial charge in [0.1, 0.15) is 5.75 Å². The maximum absolute atomic E-state index is 11.9. The first-order chi connectivity index (χ1) is 14.2. The fourth-order valence-electron chi connectivity index (χ4n) is 2.88. The predicted octanol–water partition coefficient (Wildman–Crippen LogP) is 5.40. The number of carbonyl (C=O) groups excluding carboxylic acids is 1. The van der Waals surface area contributed by atoms with Crippen LogP contribution in [0.15, 0.2) is 84.0 Å². The second-order valence-corrected chi connectivity index (χ2v) is 6.95. The quantitative estimate of drug-likeness (QED) is 0.416. The first-order valence-corrected chi connectivity index (χ1v) is 9.86. The van der Waals surface area contributed by atoms with E-state index in [1.54, 1.807) is 6.21 Å². The highest BCUT2D eigenvalue weighted by molar-refractivity contribution is 5.83. The van der Waals surface area contributed by atoms with E-state index < -0.39 is 0 Å². The standard InChI is InChI=1S/C25H26N2O2/c1-3-19(2)21-13-15-24(16-14-21)29-18-25(28)27-26-17-20-9-11-23(12-10-20)22-7-5-4-6-8-22/h4-17,19H,3,18H2,1-2H3,(H,27,28). The van der Waals surface area contributed by atoms with Crippen LogP contribution in [0.2, 0.25) is 0 Å². The van der Waals surface area contributed by atoms with Crippen molar-refractivity contribution in [2.45, 2.75) is 26.2 Å². The van der Waals surface area contributed by atoms with Crippen molar-refractivity contribution in [3.63, 3.8) is 0 Å². The maximum atomic E-state index is 11.9. The summed E-state index contributed by atoms with van der Waals surface area (Å²) in [5.41, 5.74) is 6.98. The van der Waals surface area contributed by atoms with Crippen LogP contribution in [0.1, 0.15) is 37.3 Å². The largest absolute Gasteiger partial charge is 0.484 e. The average Bonchev–Trinajstić information content (AvgIpc) is 2.78. The highest BCUT2D eigenvalue weighted by Crippen LogP contribution is 2.21. The Hall–Kier alpha value is -3.40. The summed E-state index contributed by atoms with van der Waals surface area (Å²) in [4.78, 5) is 11.9. The Morgan fingerprint density at radius 2 is 1.62 bits per heavy atom. The minimum Gasteiger partial charge on any atom is -0.484 e. The molecule has 4 nitrogen and oxygen atoms in total. The Balaban J connectivity index is 1.46. The third-order valence-corrected chi connectivity index (χ3v) is 4.85. The van der Waals surface area contributed by atoms with E-state index in [1.165, 1.54) is 11.1 Å². The molecule has 1 N–H and O–H groups in total. The first-order valence-electron chi connectivity index (χ1n) is 9.86. The second kappa shape index (κ2) is 10.2. The number of benzene rings is 3. The van der Waals surface area contributed by atoms with Crippen molar-refractivity contribution in [2.75, 3.05) is 6.61 Å². The minimum atomic E-state index is -0.298. The molecule has 1 amide bonds. The Labute approximate surface area is 172 Å². The smallest absolute Gasteiger partial charge is 0.277 e. The number of nitrogens with zero attached hydrogens (tertiary/aromatic N) is 1. The minimum absolute atomic E-state index is 0.0764. The van der Waals surface area contributed by atoms with Crippen LogP contribution in [0, 0.1) is 0 Å². The fraction of sp³-hybridized carbons (Fsp3) is 0.200. The van der Waals surface area contributed by atoms with E-state index in [0.29, 0.717) is 11.7 Å². The molecule has 0 heterocycles. The van der Waals surface area contributed by atoms with Gasteiger partial charge >= 0.3 is 0 Å². The van der Waals surface area contributed by atoms with Gasteiger partial charge in [-0.05, 0) is 46.7 Å². The Bertz CT molecular complexity index is 933. The van der Waals surface area contributed by atoms with Crippen LogP contribution in [0.5, 0.6) is 5.75 Å². The van der Waals surface area contributed by atoms with Gasteiger partial charge in [0.2, 0.25) is 0 Å². The van der Waals surface area contributed by atoms with Crippen molar-refractivity contribution in [3.8, 4) is 16.9 Å². The molecule has 0 fully saturated rings. The number of amides is 1. The number of nitrogens with one attached hydrogen (secondary N) is 1. The lowest BCUT2D eigenvalue weighted by Crippen LogP contribution is -2.24. The molecule has 0 bridgehead atoms. The number of hydrazone groups is 1. The lowest BCUT2D eigenvalue weighted by molar-refractivity contribution is -0.123. The van der Waals surface area contributed by atoms with Crippen LogP contribution >= 0.6 is 0 Å². The van der Waals surface area contributed by atoms with Crippen molar-refractivity contribution in [3.05, 3.63) is 90.0 Å². The van der Waals surface area contributed by atoms with E-state index in [0.717, 1.165) is 17.5 Å². The molecule has 3 aromatic carbocycles. The second-order valence-electron chi connectivity index (χ2n) is 6.95. The Morgan fingerprint density at radius 3 is 2.28 bits per heavy atom. The molecule has 3 aromatic rings. The number of hydrogen-bond donors (Lipinski definition) is 1. The van der Waals surface area contributed by atoms with Gasteiger partial charge in [-0.3, -0.25) is 4.79 Å². The number of ether oxygens (including phenoxy) is 1. The summed E-state index contributed by atoms with van der Waals surface area (Å²) in [7, 11) is 0. The van der Waals surface area contributed by atoms with Crippen molar-refractivity contribution in [1.82, 2.24) is 5.43 Å². The third kappa shape index (κ3) is 6.04. The molecule has 4 heteroatoms. The molecule has 0 aliphatic carbocycles. The molecule has 0 radical (unpaired) electrons. The maximum Gasteiger partial charge on any atom is 0.277 e. The van der Waals surface area contributed by atoms with Crippen molar-refractivity contribution in [1.29, 1.82) is 0 Å². The normalized spacial score (nSPS) is 11.9. The highest BCUT2D eigenvalue weighted by atomic mass is 16.5. The Morgan fingerprint density at radius 1 is 0.966 bits per heavy atom. The molecular weight excluding hydrogens is 360 g/mol. The monoisotopic (exact) mass is 386 g/mol. The van der Waals surface area contributed by atoms with Gasteiger partial charge in [0.05, 0.1) is 6.21 Å². The van der Waals surface area contributed by atoms with E-state index in [9.17, 15) is 4.79 Å². The topological polar surface area (TPSA) is 50.7 Å². The summed E-state index contributed by atoms with van der Waals surface area (Å²) in [5, 5.41) is 4.00. The lowest BCUT2D eigenvalue weighted by atomic mass is 9.99. The molecule has 29 heavy (non-hydrogen) atoms. The van der Waals surface area contributed by atoms with Gasteiger partial charge in [0.15, 0.2) is 6.61 Å². The van der Waals surface area contributed by atoms with Gasteiger partial charge in [-0.2, -0.15) is 5.10 Å². The van der Waals surface area contributed by atoms with Crippen LogP contribution in [0.4, 0.5) is 0 Å². The van der Waals surface area contributed by atoms with Gasteiger partial charge in [0.25, 0.3) is 5.91 Å². The summed E-state index contributed by atoms with van der Waals surface area (Å²) >= 11 is 0. The van der Waals surface area contributed by atoms with Crippen LogP contribution in [-0.2, 0) is 4.79 Å². The van der Waals surface area contributed by atoms with Crippen molar-refractivity contribution in [2.24, 2.45) is 5.10 Å². The number of rotatable bonds is 8. The molecule has 0 aliphatic rings. The molecular formula is C25H26N2O2. The van der Waals surface area contributed by atoms with Crippen LogP contribution in [0.3, 0.4) is 0 Å². The summed E-state index contributed by atoms with van der Waals surface area (Å²) in [5.74, 6) is 0.893. The molecule has 0 aromatic heterocycles. The van der Waals surface area contributed by atoms with Crippen molar-refractivity contribution >= 4 is 12.1 Å². The fourth-order valence-corrected chi connectivity index (χ4v) is 2.88. The predicted molar refractivity (Wildman–Crippen MR) is 118 cm³/mol. The zero-order valence-electron chi connectivity index (χ0n) is 16.8. The number of hydrogen-bond acceptors (Lipinski definition) is 3. The van der Waals surface area contributed by atoms with Gasteiger partial charge in [-0.1, -0.05) is 80.6 Å². The van der Waals surface area contributed by atoms with Crippen LogP contribution in [0.25, 0.3) is 11.1 Å². The molecule has 3 rings (SSSR count). The molecule has 0 spiro atoms. The summed E-state index contributed by atoms with van der Waals surface area (Å²) in [6.07, 6.45) is 2.71. The molecule has 148 valence electrons. The van der Waals surface area contributed by atoms with Gasteiger partial charge < -0.3 is 4.74 Å². The summed E-state index contributed by atoms with van der Waals surface area (Å²) in [6, 6.07) is 26.0. The summed E-state index contributed by atoms with van der Waals surface area (Å²) in [6.45, 7) is 4.28. The molecule has 0 aliphatic heterocycles. The van der Waals surface area contributed by atoms with E-state index >= 15 is 0 Å². The van der Waals surface area contributed by atoms with E-state index in [2.05, 4.69) is 36.5 Å². The van der Waals surface area contributed by atoms with Gasteiger partial charge in [0, 0.05) is 0 Å². The average molecular weight is 386 g/mol. The van der Waals surface area contributed by atoms with Gasteiger partial charge in [-0.25, -0.2) is 5.43 Å². The zero-order valence-corrected chi connectivity index (χ0v) is 16.8. The van der Waals surface area contributed by atoms with Crippen LogP contribution < -0.4 is 10.2 Å². The Kier molecular flexibility index (Phi) is 7.17. The van der Waals surface area contributed by atoms with Crippen LogP contribution in [-0.4, -0.2) is 18.7 Å². The van der Waals surface area contributed by atoms with Crippen molar-refractivity contribution < 1.29 is 9.53 Å². The first kappa shape index (κ1) is 20.3. The molecule has 0 saturated heterocycles. The van der Waals surface area contributed by atoms with E-state index in [4.69, 9.17) is 4.74 Å². The molecule has 0 saturated carbocycles. The van der Waals surface area contributed by atoms with E-state index in [1.807, 2.05) is 66.7 Å². The third-order valence-electron chi connectivity index (χ3n) is 4.85. The number of carbonyl (C=O) groups is 1. The van der Waals surface area contributed by atoms with Gasteiger partial charge in [-0.15, -0.1) is 0 Å². The SMILES string of the molecule is CCC(C)c1ccc(OCC(=O)NN=Cc2ccc(-c3ccccc3)cc2)cc1. The lowest BCUT2D eigenvalue weighted by Gasteiger charge is -2.10. The molecule has 1 unspecified atom stereocenters. The zero-order chi connectivity index (χ0) is 20.5. The molecule has 1 atom stereocenters. The highest BCUT2D eigenvalue weighted by Gasteiger charge is 2.05. The van der Waals surface area contributed by atoms with E-state index in [-0.39, 0.29) is 12.5 Å².